The molecule has 1 saturated heterocycles. The largest absolute Gasteiger partial charge is 0.316 e. The molecule has 1 aliphatic rings. The van der Waals surface area contributed by atoms with E-state index in [1.54, 1.807) is 0 Å². The maximum absolute atomic E-state index is 12.8. The summed E-state index contributed by atoms with van der Waals surface area (Å²) in [5.41, 5.74) is -0.127. The first-order valence-electron chi connectivity index (χ1n) is 4.82. The fraction of sp³-hybridized carbons (Fsp3) is 0.500. The van der Waals surface area contributed by atoms with Crippen LogP contribution in [0.15, 0.2) is 23.1 Å². The minimum atomic E-state index is -0.351. The van der Waals surface area contributed by atoms with Crippen molar-refractivity contribution in [1.82, 2.24) is 9.88 Å². The Bertz CT molecular complexity index is 369. The number of aromatic nitrogens is 1. The Morgan fingerprint density at radius 1 is 1.57 bits per heavy atom. The van der Waals surface area contributed by atoms with Gasteiger partial charge in [-0.25, -0.2) is 4.39 Å². The maximum Gasteiger partial charge on any atom is 0.250 e. The van der Waals surface area contributed by atoms with Crippen LogP contribution in [0.25, 0.3) is 0 Å². The SMILES string of the molecule is O=c1ccc(F)cn1CC1CCNC1. The second-order valence-corrected chi connectivity index (χ2v) is 3.70. The highest BCUT2D eigenvalue weighted by molar-refractivity contribution is 4.96. The Kier molecular flexibility index (Phi) is 2.63. The lowest BCUT2D eigenvalue weighted by molar-refractivity contribution is 0.461. The Morgan fingerprint density at radius 2 is 2.43 bits per heavy atom. The zero-order valence-electron chi connectivity index (χ0n) is 7.87. The number of hydrogen-bond acceptors (Lipinski definition) is 2. The third kappa shape index (κ3) is 2.01. The van der Waals surface area contributed by atoms with Gasteiger partial charge in [-0.05, 0) is 31.5 Å². The number of nitrogens with zero attached hydrogens (tertiary/aromatic N) is 1. The summed E-state index contributed by atoms with van der Waals surface area (Å²) in [6, 6.07) is 2.48. The molecule has 0 aromatic carbocycles. The lowest BCUT2D eigenvalue weighted by atomic mass is 10.1. The van der Waals surface area contributed by atoms with Crippen molar-refractivity contribution in [3.8, 4) is 0 Å². The van der Waals surface area contributed by atoms with E-state index in [1.165, 1.54) is 22.9 Å². The highest BCUT2D eigenvalue weighted by Gasteiger charge is 2.15. The van der Waals surface area contributed by atoms with Crippen LogP contribution in [0.5, 0.6) is 0 Å². The molecule has 1 fully saturated rings. The van der Waals surface area contributed by atoms with Gasteiger partial charge in [0, 0.05) is 18.8 Å². The number of hydrogen-bond donors (Lipinski definition) is 1. The minimum Gasteiger partial charge on any atom is -0.316 e. The van der Waals surface area contributed by atoms with Gasteiger partial charge in [0.2, 0.25) is 0 Å². The van der Waals surface area contributed by atoms with E-state index < -0.39 is 0 Å². The third-order valence-electron chi connectivity index (χ3n) is 2.56. The van der Waals surface area contributed by atoms with Gasteiger partial charge >= 0.3 is 0 Å². The van der Waals surface area contributed by atoms with E-state index in [0.29, 0.717) is 12.5 Å². The quantitative estimate of drug-likeness (QED) is 0.751. The molecule has 3 nitrogen and oxygen atoms in total. The number of rotatable bonds is 2. The molecule has 0 spiro atoms. The molecule has 14 heavy (non-hydrogen) atoms. The van der Waals surface area contributed by atoms with E-state index in [2.05, 4.69) is 5.32 Å². The van der Waals surface area contributed by atoms with Gasteiger partial charge in [0.05, 0.1) is 0 Å². The zero-order chi connectivity index (χ0) is 9.97. The summed E-state index contributed by atoms with van der Waals surface area (Å²) in [6.45, 7) is 2.53. The van der Waals surface area contributed by atoms with Gasteiger partial charge in [0.15, 0.2) is 0 Å². The zero-order valence-corrected chi connectivity index (χ0v) is 7.87. The highest BCUT2D eigenvalue weighted by atomic mass is 19.1. The van der Waals surface area contributed by atoms with Gasteiger partial charge in [-0.15, -0.1) is 0 Å². The van der Waals surface area contributed by atoms with E-state index >= 15 is 0 Å². The van der Waals surface area contributed by atoms with E-state index in [1.807, 2.05) is 0 Å². The van der Waals surface area contributed by atoms with Crippen molar-refractivity contribution in [2.75, 3.05) is 13.1 Å². The van der Waals surface area contributed by atoms with Crippen molar-refractivity contribution in [3.05, 3.63) is 34.5 Å². The van der Waals surface area contributed by atoms with E-state index in [0.717, 1.165) is 19.5 Å². The topological polar surface area (TPSA) is 34.0 Å². The summed E-state index contributed by atoms with van der Waals surface area (Å²) in [7, 11) is 0. The van der Waals surface area contributed by atoms with Gasteiger partial charge in [-0.3, -0.25) is 4.79 Å². The molecule has 2 heterocycles. The lowest BCUT2D eigenvalue weighted by Gasteiger charge is -2.10. The van der Waals surface area contributed by atoms with Gasteiger partial charge in [-0.2, -0.15) is 0 Å². The molecule has 4 heteroatoms. The van der Waals surface area contributed by atoms with Gasteiger partial charge in [0.25, 0.3) is 5.56 Å². The van der Waals surface area contributed by atoms with Crippen LogP contribution in [0, 0.1) is 11.7 Å². The highest BCUT2D eigenvalue weighted by Crippen LogP contribution is 2.09. The van der Waals surface area contributed by atoms with Crippen LogP contribution in [0.2, 0.25) is 0 Å². The molecule has 2 rings (SSSR count). The van der Waals surface area contributed by atoms with Gasteiger partial charge in [-0.1, -0.05) is 0 Å². The molecule has 1 atom stereocenters. The summed E-state index contributed by atoms with van der Waals surface area (Å²) < 4.78 is 14.3. The van der Waals surface area contributed by atoms with Crippen LogP contribution in [0.4, 0.5) is 4.39 Å². The van der Waals surface area contributed by atoms with E-state index in [9.17, 15) is 9.18 Å². The third-order valence-corrected chi connectivity index (χ3v) is 2.56. The Balaban J connectivity index is 2.15. The summed E-state index contributed by atoms with van der Waals surface area (Å²) in [6.07, 6.45) is 2.34. The van der Waals surface area contributed by atoms with Crippen molar-refractivity contribution < 1.29 is 4.39 Å². The molecule has 1 aliphatic heterocycles. The normalized spacial score (nSPS) is 21.4. The molecule has 0 saturated carbocycles. The first-order chi connectivity index (χ1) is 6.75. The molecule has 1 N–H and O–H groups in total. The molecule has 0 aliphatic carbocycles. The van der Waals surface area contributed by atoms with Crippen LogP contribution in [0.3, 0.4) is 0 Å². The first kappa shape index (κ1) is 9.40. The summed E-state index contributed by atoms with van der Waals surface area (Å²) in [4.78, 5) is 11.3. The first-order valence-corrected chi connectivity index (χ1v) is 4.82. The standard InChI is InChI=1S/C10H13FN2O/c11-9-1-2-10(14)13(7-9)6-8-3-4-12-5-8/h1-2,7-8,12H,3-6H2. The van der Waals surface area contributed by atoms with Gasteiger partial charge < -0.3 is 9.88 Å². The lowest BCUT2D eigenvalue weighted by Crippen LogP contribution is -2.24. The van der Waals surface area contributed by atoms with Crippen LogP contribution in [-0.2, 0) is 6.54 Å². The molecule has 0 radical (unpaired) electrons. The predicted molar refractivity (Wildman–Crippen MR) is 51.6 cm³/mol. The molecular formula is C10H13FN2O. The summed E-state index contributed by atoms with van der Waals surface area (Å²) >= 11 is 0. The number of pyridine rings is 1. The fourth-order valence-electron chi connectivity index (χ4n) is 1.79. The smallest absolute Gasteiger partial charge is 0.250 e. The van der Waals surface area contributed by atoms with Crippen molar-refractivity contribution in [1.29, 1.82) is 0 Å². The van der Waals surface area contributed by atoms with Crippen LogP contribution in [-0.4, -0.2) is 17.7 Å². The van der Waals surface area contributed by atoms with Crippen LogP contribution < -0.4 is 10.9 Å². The molecule has 1 aromatic rings. The van der Waals surface area contributed by atoms with Crippen molar-refractivity contribution >= 4 is 0 Å². The molecular weight excluding hydrogens is 183 g/mol. The molecule has 1 unspecified atom stereocenters. The van der Waals surface area contributed by atoms with Gasteiger partial charge in [0.1, 0.15) is 5.82 Å². The molecule has 1 aromatic heterocycles. The number of halogens is 1. The number of nitrogens with one attached hydrogen (secondary N) is 1. The maximum atomic E-state index is 12.8. The van der Waals surface area contributed by atoms with E-state index in [-0.39, 0.29) is 11.4 Å². The summed E-state index contributed by atoms with van der Waals surface area (Å²) in [5, 5.41) is 3.22. The van der Waals surface area contributed by atoms with Crippen molar-refractivity contribution in [2.24, 2.45) is 5.92 Å². The Labute approximate surface area is 81.6 Å². The predicted octanol–water partition coefficient (Wildman–Crippen LogP) is 0.597. The average molecular weight is 196 g/mol. The Hall–Kier alpha value is -1.16. The average Bonchev–Trinajstić information content (AvgIpc) is 2.64. The molecule has 76 valence electrons. The molecule has 0 amide bonds. The minimum absolute atomic E-state index is 0.127. The molecule has 0 bridgehead atoms. The fourth-order valence-corrected chi connectivity index (χ4v) is 1.79. The van der Waals surface area contributed by atoms with Crippen LogP contribution >= 0.6 is 0 Å². The second kappa shape index (κ2) is 3.92. The summed E-state index contributed by atoms with van der Waals surface area (Å²) in [5.74, 6) is 0.102. The second-order valence-electron chi connectivity index (χ2n) is 3.70. The van der Waals surface area contributed by atoms with Crippen LogP contribution in [0.1, 0.15) is 6.42 Å². The van der Waals surface area contributed by atoms with Crippen molar-refractivity contribution in [2.45, 2.75) is 13.0 Å². The van der Waals surface area contributed by atoms with E-state index in [4.69, 9.17) is 0 Å². The Morgan fingerprint density at radius 3 is 3.14 bits per heavy atom. The monoisotopic (exact) mass is 196 g/mol. The van der Waals surface area contributed by atoms with Crippen molar-refractivity contribution in [3.63, 3.8) is 0 Å².